The Balaban J connectivity index is 1.67. The summed E-state index contributed by atoms with van der Waals surface area (Å²) in [4.78, 5) is 46.7. The molecule has 28 heavy (non-hydrogen) atoms. The van der Waals surface area contributed by atoms with Gasteiger partial charge in [-0.25, -0.2) is 0 Å². The predicted octanol–water partition coefficient (Wildman–Crippen LogP) is -1.42. The number of nitrogens with zero attached hydrogens (tertiary/aromatic N) is 5. The molecule has 0 saturated carbocycles. The lowest BCUT2D eigenvalue weighted by molar-refractivity contribution is -0.146. The van der Waals surface area contributed by atoms with Gasteiger partial charge in [-0.3, -0.25) is 19.4 Å². The number of carbonyl (C=O) groups is 3. The van der Waals surface area contributed by atoms with E-state index >= 15 is 0 Å². The van der Waals surface area contributed by atoms with E-state index in [4.69, 9.17) is 5.84 Å². The highest BCUT2D eigenvalue weighted by Gasteiger charge is 2.45. The van der Waals surface area contributed by atoms with Crippen molar-refractivity contribution >= 4 is 30.2 Å². The molecule has 3 fully saturated rings. The Hall–Kier alpha value is -2.49. The van der Waals surface area contributed by atoms with Crippen LogP contribution in [-0.2, 0) is 14.4 Å². The maximum atomic E-state index is 13.1. The number of carbonyl (C=O) groups excluding carboxylic acids is 3. The van der Waals surface area contributed by atoms with Crippen molar-refractivity contribution in [2.45, 2.75) is 56.8 Å². The Bertz CT molecular complexity index is 681. The van der Waals surface area contributed by atoms with Crippen LogP contribution in [0.5, 0.6) is 0 Å². The van der Waals surface area contributed by atoms with E-state index in [2.05, 4.69) is 10.1 Å². The number of likely N-dealkylation sites (tertiary alicyclic amines) is 1. The van der Waals surface area contributed by atoms with Crippen LogP contribution in [-0.4, -0.2) is 100 Å². The lowest BCUT2D eigenvalue weighted by Crippen LogP contribution is -2.52. The average Bonchev–Trinajstić information content (AvgIpc) is 3.23. The molecule has 10 nitrogen and oxygen atoms in total. The van der Waals surface area contributed by atoms with Crippen LogP contribution in [0.25, 0.3) is 0 Å². The Morgan fingerprint density at radius 1 is 1.14 bits per heavy atom. The van der Waals surface area contributed by atoms with Gasteiger partial charge in [0.05, 0.1) is 18.4 Å². The highest BCUT2D eigenvalue weighted by atomic mass is 16.3. The van der Waals surface area contributed by atoms with E-state index < -0.39 is 18.2 Å². The summed E-state index contributed by atoms with van der Waals surface area (Å²) in [5, 5.41) is 13.5. The van der Waals surface area contributed by atoms with Crippen LogP contribution in [0.15, 0.2) is 10.1 Å². The highest BCUT2D eigenvalue weighted by molar-refractivity contribution is 6.15. The zero-order chi connectivity index (χ0) is 20.3. The SMILES string of the molecule is CC(=O)N1CCC(=O)N2[C@H](CC[C@H]2C(=O)N2CC(O)[C@H](N=CC=NN)C2)CC1. The van der Waals surface area contributed by atoms with Crippen molar-refractivity contribution in [1.82, 2.24) is 14.7 Å². The van der Waals surface area contributed by atoms with Crippen LogP contribution >= 0.6 is 0 Å². The Morgan fingerprint density at radius 2 is 1.93 bits per heavy atom. The number of aliphatic hydroxyl groups excluding tert-OH is 1. The second-order valence-corrected chi connectivity index (χ2v) is 7.57. The molecule has 0 bridgehead atoms. The van der Waals surface area contributed by atoms with Crippen LogP contribution < -0.4 is 5.84 Å². The molecule has 0 aromatic carbocycles. The third kappa shape index (κ3) is 4.16. The van der Waals surface area contributed by atoms with E-state index in [-0.39, 0.29) is 36.7 Å². The van der Waals surface area contributed by atoms with E-state index in [0.717, 1.165) is 6.42 Å². The molecule has 3 heterocycles. The van der Waals surface area contributed by atoms with Crippen molar-refractivity contribution in [2.24, 2.45) is 15.9 Å². The summed E-state index contributed by atoms with van der Waals surface area (Å²) in [6.45, 7) is 3.01. The first-order valence-electron chi connectivity index (χ1n) is 9.71. The fourth-order valence-electron chi connectivity index (χ4n) is 4.37. The summed E-state index contributed by atoms with van der Waals surface area (Å²) >= 11 is 0. The molecule has 4 atom stereocenters. The monoisotopic (exact) mass is 392 g/mol. The number of hydrogen-bond acceptors (Lipinski definition) is 7. The van der Waals surface area contributed by atoms with Gasteiger partial charge in [0.15, 0.2) is 0 Å². The summed E-state index contributed by atoms with van der Waals surface area (Å²) in [5.41, 5.74) is 0. The smallest absolute Gasteiger partial charge is 0.245 e. The number of β-amino-alcohol motifs (C(OH)–C–C–N with tert-alkyl or cyclic N) is 1. The molecule has 0 aliphatic carbocycles. The van der Waals surface area contributed by atoms with Gasteiger partial charge in [-0.05, 0) is 19.3 Å². The van der Waals surface area contributed by atoms with Crippen LogP contribution in [0.1, 0.15) is 32.6 Å². The van der Waals surface area contributed by atoms with E-state index in [9.17, 15) is 19.5 Å². The minimum Gasteiger partial charge on any atom is -0.389 e. The van der Waals surface area contributed by atoms with Gasteiger partial charge >= 0.3 is 0 Å². The van der Waals surface area contributed by atoms with Crippen molar-refractivity contribution in [3.05, 3.63) is 0 Å². The topological polar surface area (TPSA) is 132 Å². The standard InChI is InChI=1S/C18H28N6O4/c1-12(25)22-8-4-13-2-3-15(24(13)17(27)5-9-22)18(28)23-10-14(16(26)11-23)20-6-7-21-19/h6-7,13-16,26H,2-5,8-11,19H2,1H3/t13-,14-,15+,16?/m1/s1. The number of aliphatic imine (C=N–C) groups is 1. The van der Waals surface area contributed by atoms with Crippen molar-refractivity contribution in [2.75, 3.05) is 26.2 Å². The van der Waals surface area contributed by atoms with E-state index in [1.807, 2.05) is 0 Å². The van der Waals surface area contributed by atoms with Gasteiger partial charge in [-0.2, -0.15) is 5.10 Å². The van der Waals surface area contributed by atoms with Crippen molar-refractivity contribution in [3.63, 3.8) is 0 Å². The summed E-state index contributed by atoms with van der Waals surface area (Å²) in [6.07, 6.45) is 4.25. The van der Waals surface area contributed by atoms with E-state index in [0.29, 0.717) is 32.5 Å². The van der Waals surface area contributed by atoms with Gasteiger partial charge in [0, 0.05) is 51.8 Å². The largest absolute Gasteiger partial charge is 0.389 e. The van der Waals surface area contributed by atoms with Gasteiger partial charge in [-0.15, -0.1) is 0 Å². The van der Waals surface area contributed by atoms with Crippen LogP contribution in [0.3, 0.4) is 0 Å². The maximum absolute atomic E-state index is 13.1. The molecular formula is C18H28N6O4. The molecule has 3 aliphatic rings. The van der Waals surface area contributed by atoms with Crippen molar-refractivity contribution in [3.8, 4) is 0 Å². The molecule has 3 N–H and O–H groups in total. The zero-order valence-electron chi connectivity index (χ0n) is 16.1. The molecule has 3 saturated heterocycles. The van der Waals surface area contributed by atoms with Gasteiger partial charge in [0.25, 0.3) is 0 Å². The molecule has 3 amide bonds. The number of aliphatic hydroxyl groups is 1. The van der Waals surface area contributed by atoms with Gasteiger partial charge < -0.3 is 25.6 Å². The number of nitrogens with two attached hydrogens (primary N) is 1. The normalized spacial score (nSPS) is 31.5. The molecule has 0 spiro atoms. The van der Waals surface area contributed by atoms with Gasteiger partial charge in [0.1, 0.15) is 6.04 Å². The van der Waals surface area contributed by atoms with Crippen LogP contribution in [0.2, 0.25) is 0 Å². The second-order valence-electron chi connectivity index (χ2n) is 7.57. The van der Waals surface area contributed by atoms with E-state index in [1.54, 1.807) is 14.7 Å². The van der Waals surface area contributed by atoms with E-state index in [1.165, 1.54) is 19.4 Å². The molecule has 0 aromatic heterocycles. The molecule has 0 radical (unpaired) electrons. The van der Waals surface area contributed by atoms with Crippen molar-refractivity contribution < 1.29 is 19.5 Å². The first kappa shape index (κ1) is 20.2. The lowest BCUT2D eigenvalue weighted by atomic mass is 10.1. The minimum absolute atomic E-state index is 0.0225. The predicted molar refractivity (Wildman–Crippen MR) is 103 cm³/mol. The third-order valence-electron chi connectivity index (χ3n) is 5.85. The summed E-state index contributed by atoms with van der Waals surface area (Å²) in [5.74, 6) is 4.78. The molecule has 154 valence electrons. The van der Waals surface area contributed by atoms with Crippen LogP contribution in [0, 0.1) is 0 Å². The Morgan fingerprint density at radius 3 is 2.64 bits per heavy atom. The molecular weight excluding hydrogens is 364 g/mol. The average molecular weight is 392 g/mol. The third-order valence-corrected chi connectivity index (χ3v) is 5.85. The van der Waals surface area contributed by atoms with Crippen molar-refractivity contribution in [1.29, 1.82) is 0 Å². The summed E-state index contributed by atoms with van der Waals surface area (Å²) in [6, 6.07) is -0.945. The number of hydrogen-bond donors (Lipinski definition) is 2. The van der Waals surface area contributed by atoms with Crippen LogP contribution in [0.4, 0.5) is 0 Å². The lowest BCUT2D eigenvalue weighted by Gasteiger charge is -2.35. The highest BCUT2D eigenvalue weighted by Crippen LogP contribution is 2.31. The molecule has 1 unspecified atom stereocenters. The number of amides is 3. The summed E-state index contributed by atoms with van der Waals surface area (Å²) < 4.78 is 0. The molecule has 10 heteroatoms. The fourth-order valence-corrected chi connectivity index (χ4v) is 4.37. The first-order chi connectivity index (χ1) is 13.4. The fraction of sp³-hybridized carbons (Fsp3) is 0.722. The number of rotatable bonds is 3. The maximum Gasteiger partial charge on any atom is 0.245 e. The molecule has 3 aliphatic heterocycles. The zero-order valence-corrected chi connectivity index (χ0v) is 16.1. The quantitative estimate of drug-likeness (QED) is 0.345. The Kier molecular flexibility index (Phi) is 6.28. The minimum atomic E-state index is -0.754. The summed E-state index contributed by atoms with van der Waals surface area (Å²) in [7, 11) is 0. The number of fused-ring (bicyclic) bond motifs is 1. The van der Waals surface area contributed by atoms with Gasteiger partial charge in [-0.1, -0.05) is 0 Å². The second kappa shape index (κ2) is 8.68. The molecule has 0 aromatic rings. The first-order valence-corrected chi connectivity index (χ1v) is 9.71. The Labute approximate surface area is 164 Å². The number of hydrazone groups is 1. The van der Waals surface area contributed by atoms with Gasteiger partial charge in [0.2, 0.25) is 17.7 Å². The molecule has 3 rings (SSSR count).